The quantitative estimate of drug-likeness (QED) is 0.604. The van der Waals surface area contributed by atoms with Gasteiger partial charge in [-0.3, -0.25) is 4.79 Å². The number of hydrogen-bond acceptors (Lipinski definition) is 4. The Morgan fingerprint density at radius 2 is 1.90 bits per heavy atom. The van der Waals surface area contributed by atoms with Crippen molar-refractivity contribution in [2.75, 3.05) is 18.0 Å². The van der Waals surface area contributed by atoms with Crippen LogP contribution in [0.3, 0.4) is 0 Å². The molecule has 0 bridgehead atoms. The van der Waals surface area contributed by atoms with E-state index in [1.54, 1.807) is 0 Å². The molecule has 4 rings (SSSR count). The molecule has 6 heteroatoms. The van der Waals surface area contributed by atoms with Gasteiger partial charge < -0.3 is 19.7 Å². The topological polar surface area (TPSA) is 82.6 Å². The lowest BCUT2D eigenvalue weighted by molar-refractivity contribution is 0.0553. The molecule has 0 amide bonds. The molecule has 1 unspecified atom stereocenters. The molecule has 1 atom stereocenters. The molecule has 0 radical (unpaired) electrons. The molecule has 6 nitrogen and oxygen atoms in total. The summed E-state index contributed by atoms with van der Waals surface area (Å²) in [6, 6.07) is 19.7. The molecule has 3 aromatic rings. The molecular formula is C25H26N2O4. The lowest BCUT2D eigenvalue weighted by atomic mass is 10.0. The monoisotopic (exact) mass is 418 g/mol. The molecular weight excluding hydrogens is 392 g/mol. The molecule has 1 aromatic heterocycles. The van der Waals surface area contributed by atoms with Gasteiger partial charge in [-0.25, -0.2) is 4.79 Å². The van der Waals surface area contributed by atoms with Crippen molar-refractivity contribution >= 4 is 11.7 Å². The number of ether oxygens (including phenoxy) is 1. The van der Waals surface area contributed by atoms with E-state index in [9.17, 15) is 14.7 Å². The minimum absolute atomic E-state index is 0.200. The van der Waals surface area contributed by atoms with Gasteiger partial charge >= 0.3 is 5.97 Å². The van der Waals surface area contributed by atoms with Crippen molar-refractivity contribution in [1.29, 1.82) is 0 Å². The van der Waals surface area contributed by atoms with Crippen molar-refractivity contribution in [3.8, 4) is 11.3 Å². The van der Waals surface area contributed by atoms with Gasteiger partial charge in [0, 0.05) is 18.8 Å². The Hall–Kier alpha value is -3.38. The van der Waals surface area contributed by atoms with Crippen LogP contribution in [0.1, 0.15) is 34.8 Å². The Labute approximate surface area is 181 Å². The zero-order chi connectivity index (χ0) is 21.8. The molecule has 1 saturated heterocycles. The predicted octanol–water partition coefficient (Wildman–Crippen LogP) is 4.10. The summed E-state index contributed by atoms with van der Waals surface area (Å²) in [6.45, 7) is 4.34. The summed E-state index contributed by atoms with van der Waals surface area (Å²) in [5.41, 5.74) is 3.83. The number of nitrogens with zero attached hydrogens (tertiary/aromatic N) is 1. The van der Waals surface area contributed by atoms with Crippen molar-refractivity contribution in [2.24, 2.45) is 0 Å². The van der Waals surface area contributed by atoms with Crippen molar-refractivity contribution in [3.05, 3.63) is 87.7 Å². The van der Waals surface area contributed by atoms with Gasteiger partial charge in [-0.15, -0.1) is 0 Å². The van der Waals surface area contributed by atoms with Gasteiger partial charge in [0.15, 0.2) is 0 Å². The molecule has 1 aliphatic rings. The smallest absolute Gasteiger partial charge is 0.341 e. The van der Waals surface area contributed by atoms with Crippen LogP contribution in [0, 0.1) is 0 Å². The first-order valence-electron chi connectivity index (χ1n) is 10.6. The highest BCUT2D eigenvalue weighted by molar-refractivity contribution is 5.88. The third-order valence-electron chi connectivity index (χ3n) is 5.73. The van der Waals surface area contributed by atoms with Gasteiger partial charge in [0.25, 0.3) is 5.56 Å². The first kappa shape index (κ1) is 20.9. The number of hydrogen-bond donors (Lipinski definition) is 2. The fourth-order valence-corrected chi connectivity index (χ4v) is 3.99. The van der Waals surface area contributed by atoms with E-state index in [1.807, 2.05) is 49.4 Å². The number of rotatable bonds is 7. The van der Waals surface area contributed by atoms with Gasteiger partial charge in [0.2, 0.25) is 0 Å². The normalized spacial score (nSPS) is 15.9. The third kappa shape index (κ3) is 4.70. The fraction of sp³-hybridized carbons (Fsp3) is 0.280. The second kappa shape index (κ2) is 9.18. The maximum absolute atomic E-state index is 12.1. The molecule has 1 fully saturated rings. The second-order valence-corrected chi connectivity index (χ2v) is 7.77. The van der Waals surface area contributed by atoms with Crippen LogP contribution in [0.5, 0.6) is 0 Å². The molecule has 31 heavy (non-hydrogen) atoms. The number of aryl methyl sites for hydroxylation is 1. The highest BCUT2D eigenvalue weighted by Gasteiger charge is 2.23. The summed E-state index contributed by atoms with van der Waals surface area (Å²) in [5.74, 6) is -1.21. The Morgan fingerprint density at radius 1 is 1.16 bits per heavy atom. The van der Waals surface area contributed by atoms with Crippen molar-refractivity contribution < 1.29 is 14.6 Å². The molecule has 0 saturated carbocycles. The van der Waals surface area contributed by atoms with E-state index in [0.717, 1.165) is 36.3 Å². The van der Waals surface area contributed by atoms with Gasteiger partial charge in [0.1, 0.15) is 5.56 Å². The number of aromatic amines is 1. The Kier molecular flexibility index (Phi) is 6.18. The molecule has 0 spiro atoms. The van der Waals surface area contributed by atoms with Gasteiger partial charge in [-0.1, -0.05) is 49.4 Å². The van der Waals surface area contributed by atoms with Crippen LogP contribution in [0.25, 0.3) is 11.3 Å². The van der Waals surface area contributed by atoms with E-state index in [1.165, 1.54) is 11.6 Å². The van der Waals surface area contributed by atoms with Crippen LogP contribution < -0.4 is 10.5 Å². The average molecular weight is 418 g/mol. The lowest BCUT2D eigenvalue weighted by Gasteiger charge is -2.19. The van der Waals surface area contributed by atoms with Crippen molar-refractivity contribution in [2.45, 2.75) is 32.5 Å². The maximum Gasteiger partial charge on any atom is 0.341 e. The molecule has 2 aromatic carbocycles. The third-order valence-corrected chi connectivity index (χ3v) is 5.73. The Morgan fingerprint density at radius 3 is 2.58 bits per heavy atom. The summed E-state index contributed by atoms with van der Waals surface area (Å²) < 4.78 is 6.08. The van der Waals surface area contributed by atoms with E-state index in [-0.39, 0.29) is 11.7 Å². The van der Waals surface area contributed by atoms with Gasteiger partial charge in [-0.2, -0.15) is 0 Å². The number of benzene rings is 2. The number of aromatic nitrogens is 1. The molecule has 160 valence electrons. The van der Waals surface area contributed by atoms with Crippen LogP contribution in [-0.2, 0) is 17.8 Å². The van der Waals surface area contributed by atoms with Crippen LogP contribution in [0.2, 0.25) is 0 Å². The highest BCUT2D eigenvalue weighted by Crippen LogP contribution is 2.27. The summed E-state index contributed by atoms with van der Waals surface area (Å²) in [4.78, 5) is 28.4. The average Bonchev–Trinajstić information content (AvgIpc) is 3.27. The Balaban J connectivity index is 1.45. The number of anilines is 1. The van der Waals surface area contributed by atoms with E-state index in [2.05, 4.69) is 22.0 Å². The SMILES string of the molecule is CCc1cc(C(=O)O)c(=O)[nH]c1-c1ccc(N2CCC(OCc3ccccc3)C2)cc1. The van der Waals surface area contributed by atoms with E-state index in [4.69, 9.17) is 4.74 Å². The van der Waals surface area contributed by atoms with Crippen molar-refractivity contribution in [1.82, 2.24) is 4.98 Å². The first-order valence-corrected chi connectivity index (χ1v) is 10.6. The van der Waals surface area contributed by atoms with Crippen LogP contribution >= 0.6 is 0 Å². The fourth-order valence-electron chi connectivity index (χ4n) is 3.99. The number of carboxylic acid groups (broad SMARTS) is 1. The number of carbonyl (C=O) groups is 1. The number of carboxylic acids is 1. The standard InChI is InChI=1S/C25H26N2O4/c1-2-18-14-22(25(29)30)24(28)26-23(18)19-8-10-20(11-9-19)27-13-12-21(15-27)31-16-17-6-4-3-5-7-17/h3-11,14,21H,2,12-13,15-16H2,1H3,(H,26,28)(H,29,30). The van der Waals surface area contributed by atoms with E-state index in [0.29, 0.717) is 18.7 Å². The number of H-pyrrole nitrogens is 1. The summed E-state index contributed by atoms with van der Waals surface area (Å²) in [5, 5.41) is 9.19. The first-order chi connectivity index (χ1) is 15.0. The highest BCUT2D eigenvalue weighted by atomic mass is 16.5. The summed E-state index contributed by atoms with van der Waals surface area (Å²) >= 11 is 0. The largest absolute Gasteiger partial charge is 0.477 e. The number of nitrogens with one attached hydrogen (secondary N) is 1. The summed E-state index contributed by atoms with van der Waals surface area (Å²) in [7, 11) is 0. The summed E-state index contributed by atoms with van der Waals surface area (Å²) in [6.07, 6.45) is 1.81. The van der Waals surface area contributed by atoms with Gasteiger partial charge in [0.05, 0.1) is 18.4 Å². The maximum atomic E-state index is 12.1. The predicted molar refractivity (Wildman–Crippen MR) is 121 cm³/mol. The second-order valence-electron chi connectivity index (χ2n) is 7.77. The minimum Gasteiger partial charge on any atom is -0.477 e. The zero-order valence-electron chi connectivity index (χ0n) is 17.5. The van der Waals surface area contributed by atoms with Crippen molar-refractivity contribution in [3.63, 3.8) is 0 Å². The Bertz CT molecular complexity index is 1110. The molecule has 0 aliphatic carbocycles. The molecule has 2 heterocycles. The van der Waals surface area contributed by atoms with Crippen LogP contribution in [0.15, 0.2) is 65.5 Å². The number of aromatic carboxylic acids is 1. The van der Waals surface area contributed by atoms with Crippen LogP contribution in [0.4, 0.5) is 5.69 Å². The minimum atomic E-state index is -1.21. The molecule has 2 N–H and O–H groups in total. The zero-order valence-corrected chi connectivity index (χ0v) is 17.5. The van der Waals surface area contributed by atoms with Crippen LogP contribution in [-0.4, -0.2) is 35.3 Å². The van der Waals surface area contributed by atoms with Gasteiger partial charge in [-0.05, 0) is 47.7 Å². The number of pyridine rings is 1. The van der Waals surface area contributed by atoms with E-state index >= 15 is 0 Å². The lowest BCUT2D eigenvalue weighted by Crippen LogP contribution is -2.22. The van der Waals surface area contributed by atoms with E-state index < -0.39 is 11.5 Å². The molecule has 1 aliphatic heterocycles.